The Morgan fingerprint density at radius 3 is 1.95 bits per heavy atom. The van der Waals surface area contributed by atoms with E-state index in [1.165, 1.54) is 7.05 Å². The summed E-state index contributed by atoms with van der Waals surface area (Å²) in [4.78, 5) is 0.136. The van der Waals surface area contributed by atoms with Crippen LogP contribution in [0.25, 0.3) is 0 Å². The zero-order chi connectivity index (χ0) is 17.5. The minimum absolute atomic E-state index is 0.136. The fraction of sp³-hybridized carbons (Fsp3) is 0.571. The summed E-state index contributed by atoms with van der Waals surface area (Å²) in [6.45, 7) is 8.58. The molecular weight excluding hydrogens is 324 g/mol. The second kappa shape index (κ2) is 6.17. The zero-order valence-electron chi connectivity index (χ0n) is 14.1. The third-order valence-electron chi connectivity index (χ3n) is 3.33. The third kappa shape index (κ3) is 3.80. The van der Waals surface area contributed by atoms with Crippen LogP contribution in [0.2, 0.25) is 0 Å². The standard InChI is InChI=1S/C14H24N2O4S2/c1-9(2)15-22(19,20)14-11(4)8-10(3)13(12(14)5)16(6)21(7,17)18/h8-9,15H,1-7H3. The molecule has 1 rings (SSSR count). The maximum Gasteiger partial charge on any atom is 0.241 e. The average molecular weight is 348 g/mol. The molecule has 6 nitrogen and oxygen atoms in total. The minimum Gasteiger partial charge on any atom is -0.273 e. The lowest BCUT2D eigenvalue weighted by atomic mass is 10.1. The van der Waals surface area contributed by atoms with Crippen molar-refractivity contribution in [2.24, 2.45) is 0 Å². The van der Waals surface area contributed by atoms with E-state index < -0.39 is 20.0 Å². The van der Waals surface area contributed by atoms with Crippen LogP contribution in [0.4, 0.5) is 5.69 Å². The molecule has 0 heterocycles. The van der Waals surface area contributed by atoms with Gasteiger partial charge in [0.1, 0.15) is 0 Å². The summed E-state index contributed by atoms with van der Waals surface area (Å²) in [5, 5.41) is 0. The molecule has 0 saturated carbocycles. The van der Waals surface area contributed by atoms with Gasteiger partial charge in [-0.1, -0.05) is 6.07 Å². The highest BCUT2D eigenvalue weighted by Gasteiger charge is 2.26. The summed E-state index contributed by atoms with van der Waals surface area (Å²) < 4.78 is 52.4. The van der Waals surface area contributed by atoms with Gasteiger partial charge in [-0.3, -0.25) is 4.31 Å². The highest BCUT2D eigenvalue weighted by Crippen LogP contribution is 2.33. The summed E-state index contributed by atoms with van der Waals surface area (Å²) in [6.07, 6.45) is 1.09. The van der Waals surface area contributed by atoms with E-state index in [2.05, 4.69) is 4.72 Å². The van der Waals surface area contributed by atoms with E-state index in [9.17, 15) is 16.8 Å². The first-order chi connectivity index (χ1) is 9.79. The van der Waals surface area contributed by atoms with Gasteiger partial charge < -0.3 is 0 Å². The molecule has 0 aliphatic rings. The van der Waals surface area contributed by atoms with Crippen molar-refractivity contribution in [3.8, 4) is 0 Å². The Morgan fingerprint density at radius 1 is 1.05 bits per heavy atom. The van der Waals surface area contributed by atoms with Crippen molar-refractivity contribution < 1.29 is 16.8 Å². The number of aryl methyl sites for hydroxylation is 2. The van der Waals surface area contributed by atoms with E-state index in [-0.39, 0.29) is 10.9 Å². The third-order valence-corrected chi connectivity index (χ3v) is 6.46. The van der Waals surface area contributed by atoms with Crippen molar-refractivity contribution in [3.05, 3.63) is 22.8 Å². The molecule has 8 heteroatoms. The van der Waals surface area contributed by atoms with Gasteiger partial charge in [-0.05, 0) is 51.3 Å². The largest absolute Gasteiger partial charge is 0.273 e. The fourth-order valence-electron chi connectivity index (χ4n) is 2.59. The zero-order valence-corrected chi connectivity index (χ0v) is 15.7. The summed E-state index contributed by atoms with van der Waals surface area (Å²) in [7, 11) is -5.77. The van der Waals surface area contributed by atoms with Crippen molar-refractivity contribution in [2.45, 2.75) is 45.6 Å². The van der Waals surface area contributed by atoms with Crippen LogP contribution >= 0.6 is 0 Å². The highest BCUT2D eigenvalue weighted by molar-refractivity contribution is 7.92. The number of benzene rings is 1. The van der Waals surface area contributed by atoms with E-state index in [1.54, 1.807) is 40.7 Å². The van der Waals surface area contributed by atoms with Crippen molar-refractivity contribution in [1.82, 2.24) is 4.72 Å². The molecular formula is C14H24N2O4S2. The number of nitrogens with zero attached hydrogens (tertiary/aromatic N) is 1. The fourth-order valence-corrected chi connectivity index (χ4v) is 4.92. The maximum absolute atomic E-state index is 12.5. The van der Waals surface area contributed by atoms with Crippen LogP contribution in [0.15, 0.2) is 11.0 Å². The molecule has 0 fully saturated rings. The first-order valence-electron chi connectivity index (χ1n) is 6.86. The first-order valence-corrected chi connectivity index (χ1v) is 10.2. The molecule has 0 aromatic heterocycles. The van der Waals surface area contributed by atoms with Crippen molar-refractivity contribution in [1.29, 1.82) is 0 Å². The first kappa shape index (κ1) is 18.9. The molecule has 0 radical (unpaired) electrons. The van der Waals surface area contributed by atoms with E-state index in [1.807, 2.05) is 0 Å². The van der Waals surface area contributed by atoms with Gasteiger partial charge in [0.2, 0.25) is 20.0 Å². The molecule has 1 aromatic carbocycles. The van der Waals surface area contributed by atoms with Crippen LogP contribution in [-0.4, -0.2) is 36.2 Å². The topological polar surface area (TPSA) is 83.6 Å². The average Bonchev–Trinajstić information content (AvgIpc) is 2.23. The van der Waals surface area contributed by atoms with E-state index >= 15 is 0 Å². The Morgan fingerprint density at radius 2 is 1.55 bits per heavy atom. The molecule has 0 saturated heterocycles. The Kier molecular flexibility index (Phi) is 5.31. The summed E-state index contributed by atoms with van der Waals surface area (Å²) >= 11 is 0. The van der Waals surface area contributed by atoms with Crippen LogP contribution in [0.5, 0.6) is 0 Å². The Hall–Kier alpha value is -1.12. The molecule has 0 aliphatic heterocycles. The Bertz CT molecular complexity index is 782. The summed E-state index contributed by atoms with van der Waals surface area (Å²) in [5.41, 5.74) is 2.14. The molecule has 0 atom stereocenters. The molecule has 0 amide bonds. The van der Waals surface area contributed by atoms with Gasteiger partial charge in [-0.15, -0.1) is 0 Å². The second-order valence-electron chi connectivity index (χ2n) is 5.82. The normalized spacial score (nSPS) is 12.7. The van der Waals surface area contributed by atoms with Crippen molar-refractivity contribution >= 4 is 25.7 Å². The molecule has 0 unspecified atom stereocenters. The van der Waals surface area contributed by atoms with Crippen LogP contribution in [0.1, 0.15) is 30.5 Å². The van der Waals surface area contributed by atoms with E-state index in [0.717, 1.165) is 10.6 Å². The number of rotatable bonds is 5. The number of anilines is 1. The number of sulfonamides is 2. The molecule has 1 N–H and O–H groups in total. The smallest absolute Gasteiger partial charge is 0.241 e. The van der Waals surface area contributed by atoms with Crippen LogP contribution < -0.4 is 9.03 Å². The Balaban J connectivity index is 3.71. The van der Waals surface area contributed by atoms with E-state index in [0.29, 0.717) is 22.4 Å². The highest BCUT2D eigenvalue weighted by atomic mass is 32.2. The molecule has 126 valence electrons. The lowest BCUT2D eigenvalue weighted by Gasteiger charge is -2.25. The van der Waals surface area contributed by atoms with Crippen LogP contribution in [0, 0.1) is 20.8 Å². The SMILES string of the molecule is Cc1cc(C)c(S(=O)(=O)NC(C)C)c(C)c1N(C)S(C)(=O)=O. The number of nitrogens with one attached hydrogen (secondary N) is 1. The van der Waals surface area contributed by atoms with Gasteiger partial charge in [0, 0.05) is 13.1 Å². The van der Waals surface area contributed by atoms with Crippen LogP contribution in [0.3, 0.4) is 0 Å². The molecule has 22 heavy (non-hydrogen) atoms. The molecule has 0 aliphatic carbocycles. The van der Waals surface area contributed by atoms with Gasteiger partial charge in [0.05, 0.1) is 16.8 Å². The quantitative estimate of drug-likeness (QED) is 0.878. The second-order valence-corrected chi connectivity index (χ2v) is 9.48. The predicted molar refractivity (Wildman–Crippen MR) is 89.4 cm³/mol. The van der Waals surface area contributed by atoms with E-state index in [4.69, 9.17) is 0 Å². The Labute approximate surface area is 133 Å². The van der Waals surface area contributed by atoms with Gasteiger partial charge in [0.15, 0.2) is 0 Å². The van der Waals surface area contributed by atoms with Gasteiger partial charge in [0.25, 0.3) is 0 Å². The summed E-state index contributed by atoms with van der Waals surface area (Å²) in [6, 6.07) is 1.44. The molecule has 0 bridgehead atoms. The van der Waals surface area contributed by atoms with Crippen LogP contribution in [-0.2, 0) is 20.0 Å². The van der Waals surface area contributed by atoms with Gasteiger partial charge in [-0.25, -0.2) is 21.6 Å². The molecule has 0 spiro atoms. The molecule has 1 aromatic rings. The number of hydrogen-bond acceptors (Lipinski definition) is 4. The van der Waals surface area contributed by atoms with Crippen molar-refractivity contribution in [2.75, 3.05) is 17.6 Å². The lowest BCUT2D eigenvalue weighted by molar-refractivity contribution is 0.568. The van der Waals surface area contributed by atoms with Gasteiger partial charge in [-0.2, -0.15) is 0 Å². The maximum atomic E-state index is 12.5. The number of hydrogen-bond donors (Lipinski definition) is 1. The monoisotopic (exact) mass is 348 g/mol. The lowest BCUT2D eigenvalue weighted by Crippen LogP contribution is -2.32. The van der Waals surface area contributed by atoms with Crippen molar-refractivity contribution in [3.63, 3.8) is 0 Å². The minimum atomic E-state index is -3.71. The predicted octanol–water partition coefficient (Wildman–Crippen LogP) is 1.69. The summed E-state index contributed by atoms with van der Waals surface area (Å²) in [5.74, 6) is 0. The van der Waals surface area contributed by atoms with Gasteiger partial charge >= 0.3 is 0 Å².